The third kappa shape index (κ3) is 6.14. The minimum Gasteiger partial charge on any atom is -0.466 e. The summed E-state index contributed by atoms with van der Waals surface area (Å²) in [5.41, 5.74) is 1.24. The molecular formula is C13H16N2O2. The zero-order valence-electron chi connectivity index (χ0n) is 9.80. The lowest BCUT2D eigenvalue weighted by Crippen LogP contribution is -2.09. The van der Waals surface area contributed by atoms with Crippen molar-refractivity contribution in [2.75, 3.05) is 13.7 Å². The van der Waals surface area contributed by atoms with E-state index in [1.807, 2.05) is 12.1 Å². The molecule has 0 bridgehead atoms. The first kappa shape index (κ1) is 13.0. The van der Waals surface area contributed by atoms with E-state index in [1.54, 1.807) is 30.7 Å². The minimum absolute atomic E-state index is 0.355. The van der Waals surface area contributed by atoms with Crippen molar-refractivity contribution >= 4 is 5.97 Å². The summed E-state index contributed by atoms with van der Waals surface area (Å²) in [7, 11) is 1.35. The second kappa shape index (κ2) is 8.10. The predicted molar refractivity (Wildman–Crippen MR) is 66.2 cm³/mol. The average Bonchev–Trinajstić information content (AvgIpc) is 2.38. The molecule has 1 aromatic heterocycles. The van der Waals surface area contributed by atoms with Crippen LogP contribution in [-0.4, -0.2) is 24.6 Å². The van der Waals surface area contributed by atoms with Gasteiger partial charge < -0.3 is 10.1 Å². The van der Waals surface area contributed by atoms with Crippen LogP contribution < -0.4 is 5.32 Å². The van der Waals surface area contributed by atoms with Gasteiger partial charge in [0.25, 0.3) is 0 Å². The fourth-order valence-corrected chi connectivity index (χ4v) is 1.18. The maximum Gasteiger partial charge on any atom is 0.330 e. The standard InChI is InChI=1S/C13H16N2O2/c1-17-13(16)4-2-3-8-14-9-5-12-6-10-15-11-7-12/h2-4,6-8,10-11,14H,5,9H2,1H3/b4-2+,8-3+. The fourth-order valence-electron chi connectivity index (χ4n) is 1.18. The maximum atomic E-state index is 10.7. The normalized spacial score (nSPS) is 10.9. The second-order valence-corrected chi connectivity index (χ2v) is 3.30. The molecule has 90 valence electrons. The number of methoxy groups -OCH3 is 1. The molecule has 4 heteroatoms. The number of carbonyl (C=O) groups is 1. The van der Waals surface area contributed by atoms with Crippen LogP contribution in [0.25, 0.3) is 0 Å². The van der Waals surface area contributed by atoms with Crippen LogP contribution in [0.3, 0.4) is 0 Å². The van der Waals surface area contributed by atoms with Crippen molar-refractivity contribution in [2.45, 2.75) is 6.42 Å². The monoisotopic (exact) mass is 232 g/mol. The molecule has 0 fully saturated rings. The Morgan fingerprint density at radius 1 is 1.41 bits per heavy atom. The highest BCUT2D eigenvalue weighted by Crippen LogP contribution is 1.95. The van der Waals surface area contributed by atoms with Gasteiger partial charge in [0.2, 0.25) is 0 Å². The molecule has 1 N–H and O–H groups in total. The number of rotatable bonds is 6. The lowest BCUT2D eigenvalue weighted by molar-refractivity contribution is -0.134. The minimum atomic E-state index is -0.355. The predicted octanol–water partition coefficient (Wildman–Crippen LogP) is 1.46. The molecule has 0 aromatic carbocycles. The number of esters is 1. The van der Waals surface area contributed by atoms with Gasteiger partial charge >= 0.3 is 5.97 Å². The van der Waals surface area contributed by atoms with Crippen molar-refractivity contribution in [3.05, 3.63) is 54.5 Å². The van der Waals surface area contributed by atoms with Crippen LogP contribution in [0.4, 0.5) is 0 Å². The Bertz CT molecular complexity index is 386. The summed E-state index contributed by atoms with van der Waals surface area (Å²) in [5.74, 6) is -0.355. The Kier molecular flexibility index (Phi) is 6.18. The van der Waals surface area contributed by atoms with Crippen molar-refractivity contribution in [1.82, 2.24) is 10.3 Å². The summed E-state index contributed by atoms with van der Waals surface area (Å²) in [5, 5.41) is 3.12. The molecule has 0 unspecified atom stereocenters. The van der Waals surface area contributed by atoms with Crippen LogP contribution in [0.1, 0.15) is 5.56 Å². The second-order valence-electron chi connectivity index (χ2n) is 3.30. The number of hydrogen-bond acceptors (Lipinski definition) is 4. The van der Waals surface area contributed by atoms with E-state index in [-0.39, 0.29) is 5.97 Å². The third-order valence-electron chi connectivity index (χ3n) is 2.07. The molecule has 0 radical (unpaired) electrons. The third-order valence-corrected chi connectivity index (χ3v) is 2.07. The van der Waals surface area contributed by atoms with Crippen molar-refractivity contribution in [3.8, 4) is 0 Å². The fraction of sp³-hybridized carbons (Fsp3) is 0.231. The summed E-state index contributed by atoms with van der Waals surface area (Å²) in [6.45, 7) is 0.840. The van der Waals surface area contributed by atoms with Gasteiger partial charge in [0.15, 0.2) is 0 Å². The lowest BCUT2D eigenvalue weighted by atomic mass is 10.2. The number of carbonyl (C=O) groups excluding carboxylic acids is 1. The number of ether oxygens (including phenoxy) is 1. The van der Waals surface area contributed by atoms with E-state index in [2.05, 4.69) is 15.0 Å². The zero-order chi connectivity index (χ0) is 12.3. The molecule has 17 heavy (non-hydrogen) atoms. The zero-order valence-corrected chi connectivity index (χ0v) is 9.80. The van der Waals surface area contributed by atoms with Gasteiger partial charge in [-0.3, -0.25) is 4.98 Å². The van der Waals surface area contributed by atoms with Gasteiger partial charge in [-0.05, 0) is 36.4 Å². The topological polar surface area (TPSA) is 51.2 Å². The van der Waals surface area contributed by atoms with E-state index in [0.29, 0.717) is 0 Å². The molecule has 0 spiro atoms. The van der Waals surface area contributed by atoms with Crippen LogP contribution in [0, 0.1) is 0 Å². The van der Waals surface area contributed by atoms with Crippen molar-refractivity contribution < 1.29 is 9.53 Å². The molecular weight excluding hydrogens is 216 g/mol. The number of allylic oxidation sites excluding steroid dienone is 2. The molecule has 0 aliphatic carbocycles. The van der Waals surface area contributed by atoms with Crippen molar-refractivity contribution in [1.29, 1.82) is 0 Å². The number of hydrogen-bond donors (Lipinski definition) is 1. The Morgan fingerprint density at radius 3 is 2.88 bits per heavy atom. The Labute approximate surface area is 101 Å². The van der Waals surface area contributed by atoms with Gasteiger partial charge in [0, 0.05) is 25.0 Å². The molecule has 0 saturated carbocycles. The summed E-state index contributed by atoms with van der Waals surface area (Å²) in [4.78, 5) is 14.7. The quantitative estimate of drug-likeness (QED) is 0.349. The Morgan fingerprint density at radius 2 is 2.18 bits per heavy atom. The number of aromatic nitrogens is 1. The number of nitrogens with one attached hydrogen (secondary N) is 1. The number of pyridine rings is 1. The smallest absolute Gasteiger partial charge is 0.330 e. The summed E-state index contributed by atoms with van der Waals surface area (Å²) in [6, 6.07) is 3.98. The van der Waals surface area contributed by atoms with Crippen LogP contribution in [0.5, 0.6) is 0 Å². The highest BCUT2D eigenvalue weighted by atomic mass is 16.5. The summed E-state index contributed by atoms with van der Waals surface area (Å²) in [6.07, 6.45) is 11.0. The van der Waals surface area contributed by atoms with Crippen molar-refractivity contribution in [3.63, 3.8) is 0 Å². The summed E-state index contributed by atoms with van der Waals surface area (Å²) >= 11 is 0. The van der Waals surface area contributed by atoms with E-state index < -0.39 is 0 Å². The molecule has 0 amide bonds. The van der Waals surface area contributed by atoms with Gasteiger partial charge in [-0.25, -0.2) is 4.79 Å². The molecule has 1 rings (SSSR count). The van der Waals surface area contributed by atoms with E-state index in [1.165, 1.54) is 18.7 Å². The Hall–Kier alpha value is -2.10. The lowest BCUT2D eigenvalue weighted by Gasteiger charge is -2.00. The molecule has 0 aliphatic heterocycles. The molecule has 1 heterocycles. The van der Waals surface area contributed by atoms with E-state index in [9.17, 15) is 4.79 Å². The Balaban J connectivity index is 2.14. The van der Waals surface area contributed by atoms with Gasteiger partial charge in [0.05, 0.1) is 7.11 Å². The van der Waals surface area contributed by atoms with E-state index in [4.69, 9.17) is 0 Å². The summed E-state index contributed by atoms with van der Waals surface area (Å²) < 4.78 is 4.45. The molecule has 1 aromatic rings. The van der Waals surface area contributed by atoms with Crippen LogP contribution >= 0.6 is 0 Å². The largest absolute Gasteiger partial charge is 0.466 e. The van der Waals surface area contributed by atoms with Gasteiger partial charge in [-0.2, -0.15) is 0 Å². The SMILES string of the molecule is COC(=O)/C=C/C=C/NCCc1ccncc1. The molecule has 4 nitrogen and oxygen atoms in total. The van der Waals surface area contributed by atoms with Crippen molar-refractivity contribution in [2.24, 2.45) is 0 Å². The van der Waals surface area contributed by atoms with Gasteiger partial charge in [-0.1, -0.05) is 6.08 Å². The molecule has 0 atom stereocenters. The molecule has 0 aliphatic rings. The van der Waals surface area contributed by atoms with Gasteiger partial charge in [-0.15, -0.1) is 0 Å². The average molecular weight is 232 g/mol. The van der Waals surface area contributed by atoms with E-state index >= 15 is 0 Å². The number of nitrogens with zero attached hydrogens (tertiary/aromatic N) is 1. The van der Waals surface area contributed by atoms with E-state index in [0.717, 1.165) is 13.0 Å². The first-order chi connectivity index (χ1) is 8.33. The highest BCUT2D eigenvalue weighted by molar-refractivity contribution is 5.82. The van der Waals surface area contributed by atoms with Gasteiger partial charge in [0.1, 0.15) is 0 Å². The highest BCUT2D eigenvalue weighted by Gasteiger charge is 1.89. The van der Waals surface area contributed by atoms with Crippen LogP contribution in [-0.2, 0) is 16.0 Å². The first-order valence-electron chi connectivity index (χ1n) is 5.36. The molecule has 0 saturated heterocycles. The van der Waals surface area contributed by atoms with Crippen LogP contribution in [0.2, 0.25) is 0 Å². The van der Waals surface area contributed by atoms with Crippen LogP contribution in [0.15, 0.2) is 49.0 Å². The maximum absolute atomic E-state index is 10.7. The first-order valence-corrected chi connectivity index (χ1v) is 5.36.